The minimum atomic E-state index is -0.290. The van der Waals surface area contributed by atoms with E-state index in [1.54, 1.807) is 18.2 Å². The second kappa shape index (κ2) is 10.6. The molecule has 0 aliphatic heterocycles. The molecule has 2 aromatic rings. The van der Waals surface area contributed by atoms with Gasteiger partial charge in [-0.15, -0.1) is 0 Å². The van der Waals surface area contributed by atoms with Gasteiger partial charge in [-0.2, -0.15) is 5.10 Å². The first kappa shape index (κ1) is 20.0. The van der Waals surface area contributed by atoms with Crippen LogP contribution in [-0.2, 0) is 4.79 Å². The van der Waals surface area contributed by atoms with Crippen molar-refractivity contribution in [1.82, 2.24) is 5.43 Å². The van der Waals surface area contributed by atoms with Crippen molar-refractivity contribution in [3.05, 3.63) is 64.7 Å². The molecule has 2 rings (SSSR count). The van der Waals surface area contributed by atoms with Crippen molar-refractivity contribution in [3.8, 4) is 5.75 Å². The third kappa shape index (κ3) is 6.52. The Morgan fingerprint density at radius 1 is 1.15 bits per heavy atom. The number of nitrogens with one attached hydrogen (secondary N) is 1. The molecular formula is C21H25ClN2O2. The van der Waals surface area contributed by atoms with E-state index in [2.05, 4.69) is 17.5 Å². The number of nitrogens with zero attached hydrogens (tertiary/aromatic N) is 1. The molecule has 138 valence electrons. The van der Waals surface area contributed by atoms with Gasteiger partial charge in [0.15, 0.2) is 6.61 Å². The first-order valence-corrected chi connectivity index (χ1v) is 9.27. The lowest BCUT2D eigenvalue weighted by Crippen LogP contribution is -2.26. The van der Waals surface area contributed by atoms with Gasteiger partial charge in [0.25, 0.3) is 5.91 Å². The number of unbranched alkanes of at least 4 members (excludes halogenated alkanes) is 2. The highest BCUT2D eigenvalue weighted by Crippen LogP contribution is 2.20. The number of carbonyl (C=O) groups excluding carboxylic acids is 1. The van der Waals surface area contributed by atoms with Crippen molar-refractivity contribution >= 4 is 23.2 Å². The van der Waals surface area contributed by atoms with Crippen LogP contribution in [0.15, 0.2) is 53.6 Å². The van der Waals surface area contributed by atoms with Crippen LogP contribution < -0.4 is 10.2 Å². The van der Waals surface area contributed by atoms with Crippen LogP contribution in [0.4, 0.5) is 0 Å². The molecule has 4 nitrogen and oxygen atoms in total. The molecule has 5 heteroatoms. The van der Waals surface area contributed by atoms with Crippen molar-refractivity contribution < 1.29 is 9.53 Å². The van der Waals surface area contributed by atoms with Gasteiger partial charge in [-0.3, -0.25) is 4.79 Å². The molecule has 0 aliphatic rings. The highest BCUT2D eigenvalue weighted by atomic mass is 35.5. The molecule has 0 saturated carbocycles. The number of halogens is 1. The van der Waals surface area contributed by atoms with Gasteiger partial charge in [0, 0.05) is 5.02 Å². The summed E-state index contributed by atoms with van der Waals surface area (Å²) in [5.41, 5.74) is 5.42. The van der Waals surface area contributed by atoms with E-state index >= 15 is 0 Å². The van der Waals surface area contributed by atoms with Crippen LogP contribution in [0.5, 0.6) is 5.75 Å². The highest BCUT2D eigenvalue weighted by molar-refractivity contribution is 6.31. The monoisotopic (exact) mass is 372 g/mol. The maximum Gasteiger partial charge on any atom is 0.277 e. The third-order valence-electron chi connectivity index (χ3n) is 3.94. The van der Waals surface area contributed by atoms with E-state index < -0.39 is 0 Å². The van der Waals surface area contributed by atoms with Crippen molar-refractivity contribution in [2.75, 3.05) is 6.61 Å². The van der Waals surface area contributed by atoms with Crippen LogP contribution in [0.25, 0.3) is 0 Å². The zero-order valence-corrected chi connectivity index (χ0v) is 16.1. The molecule has 2 aromatic carbocycles. The number of benzene rings is 2. The summed E-state index contributed by atoms with van der Waals surface area (Å²) in [6.07, 6.45) is 4.15. The quantitative estimate of drug-likeness (QED) is 0.377. The lowest BCUT2D eigenvalue weighted by atomic mass is 10.0. The second-order valence-electron chi connectivity index (χ2n) is 6.12. The second-order valence-corrected chi connectivity index (χ2v) is 6.52. The van der Waals surface area contributed by atoms with Gasteiger partial charge in [-0.25, -0.2) is 5.43 Å². The van der Waals surface area contributed by atoms with Crippen LogP contribution in [0.2, 0.25) is 5.02 Å². The Morgan fingerprint density at radius 3 is 2.62 bits per heavy atom. The molecule has 0 unspecified atom stereocenters. The largest absolute Gasteiger partial charge is 0.484 e. The lowest BCUT2D eigenvalue weighted by Gasteiger charge is -2.09. The van der Waals surface area contributed by atoms with Gasteiger partial charge >= 0.3 is 0 Å². The van der Waals surface area contributed by atoms with Gasteiger partial charge < -0.3 is 4.74 Å². The smallest absolute Gasteiger partial charge is 0.277 e. The summed E-state index contributed by atoms with van der Waals surface area (Å²) in [4.78, 5) is 12.1. The molecular weight excluding hydrogens is 348 g/mol. The minimum absolute atomic E-state index is 0.0956. The Bertz CT molecular complexity index is 745. The predicted molar refractivity (Wildman–Crippen MR) is 107 cm³/mol. The molecule has 0 atom stereocenters. The highest BCUT2D eigenvalue weighted by Gasteiger charge is 2.07. The summed E-state index contributed by atoms with van der Waals surface area (Å²) in [5, 5.41) is 5.00. The summed E-state index contributed by atoms with van der Waals surface area (Å²) in [5.74, 6) is 0.318. The normalized spacial score (nSPS) is 11.3. The Kier molecular flexibility index (Phi) is 8.16. The predicted octanol–water partition coefficient (Wildman–Crippen LogP) is 5.13. The van der Waals surface area contributed by atoms with E-state index in [-0.39, 0.29) is 12.5 Å². The zero-order valence-electron chi connectivity index (χ0n) is 15.3. The number of carbonyl (C=O) groups is 1. The van der Waals surface area contributed by atoms with E-state index in [4.69, 9.17) is 16.3 Å². The zero-order chi connectivity index (χ0) is 18.8. The number of ether oxygens (including phenoxy) is 1. The van der Waals surface area contributed by atoms with Gasteiger partial charge in [0.05, 0.1) is 5.71 Å². The van der Waals surface area contributed by atoms with Crippen LogP contribution >= 0.6 is 11.6 Å². The SMILES string of the molecule is CCCCC/C(=N\NC(=O)COc1ccc(Cl)c(C)c1)c1ccccc1. The number of hydrogen-bond acceptors (Lipinski definition) is 3. The molecule has 0 aromatic heterocycles. The minimum Gasteiger partial charge on any atom is -0.484 e. The number of amides is 1. The summed E-state index contributed by atoms with van der Waals surface area (Å²) in [6, 6.07) is 15.2. The van der Waals surface area contributed by atoms with E-state index in [9.17, 15) is 4.79 Å². The third-order valence-corrected chi connectivity index (χ3v) is 4.36. The summed E-state index contributed by atoms with van der Waals surface area (Å²) in [7, 11) is 0. The van der Waals surface area contributed by atoms with Gasteiger partial charge in [0.1, 0.15) is 5.75 Å². The molecule has 0 saturated heterocycles. The van der Waals surface area contributed by atoms with E-state index in [0.29, 0.717) is 10.8 Å². The molecule has 0 fully saturated rings. The first-order valence-electron chi connectivity index (χ1n) is 8.90. The maximum absolute atomic E-state index is 12.1. The standard InChI is InChI=1S/C21H25ClN2O2/c1-3-4-6-11-20(17-9-7-5-8-10-17)23-24-21(25)15-26-18-12-13-19(22)16(2)14-18/h5,7-10,12-14H,3-4,6,11,15H2,1-2H3,(H,24,25)/b23-20+. The summed E-state index contributed by atoms with van der Waals surface area (Å²) >= 11 is 5.99. The van der Waals surface area contributed by atoms with Gasteiger partial charge in [0.2, 0.25) is 0 Å². The Morgan fingerprint density at radius 2 is 1.92 bits per heavy atom. The Hall–Kier alpha value is -2.33. The van der Waals surface area contributed by atoms with Crippen LogP contribution in [0.3, 0.4) is 0 Å². The lowest BCUT2D eigenvalue weighted by molar-refractivity contribution is -0.123. The number of aryl methyl sites for hydroxylation is 1. The average Bonchev–Trinajstić information content (AvgIpc) is 2.66. The summed E-state index contributed by atoms with van der Waals surface area (Å²) < 4.78 is 5.50. The Labute approximate surface area is 160 Å². The van der Waals surface area contributed by atoms with Crippen molar-refractivity contribution in [1.29, 1.82) is 0 Å². The molecule has 0 spiro atoms. The van der Waals surface area contributed by atoms with Gasteiger partial charge in [-0.05, 0) is 49.1 Å². The van der Waals surface area contributed by atoms with E-state index in [0.717, 1.165) is 42.5 Å². The molecule has 26 heavy (non-hydrogen) atoms. The first-order chi connectivity index (χ1) is 12.6. The fourth-order valence-corrected chi connectivity index (χ4v) is 2.57. The van der Waals surface area contributed by atoms with Crippen LogP contribution in [-0.4, -0.2) is 18.2 Å². The number of hydrogen-bond donors (Lipinski definition) is 1. The number of hydrazone groups is 1. The summed E-state index contributed by atoms with van der Waals surface area (Å²) in [6.45, 7) is 3.96. The topological polar surface area (TPSA) is 50.7 Å². The van der Waals surface area contributed by atoms with Crippen molar-refractivity contribution in [2.45, 2.75) is 39.5 Å². The van der Waals surface area contributed by atoms with Crippen LogP contribution in [0, 0.1) is 6.92 Å². The fourth-order valence-electron chi connectivity index (χ4n) is 2.46. The fraction of sp³-hybridized carbons (Fsp3) is 0.333. The molecule has 1 N–H and O–H groups in total. The van der Waals surface area contributed by atoms with Crippen molar-refractivity contribution in [3.63, 3.8) is 0 Å². The van der Waals surface area contributed by atoms with Crippen LogP contribution in [0.1, 0.15) is 43.7 Å². The van der Waals surface area contributed by atoms with E-state index in [1.807, 2.05) is 37.3 Å². The molecule has 1 amide bonds. The molecule has 0 radical (unpaired) electrons. The molecule has 0 heterocycles. The Balaban J connectivity index is 1.94. The maximum atomic E-state index is 12.1. The number of rotatable bonds is 9. The van der Waals surface area contributed by atoms with Gasteiger partial charge in [-0.1, -0.05) is 61.7 Å². The molecule has 0 bridgehead atoms. The average molecular weight is 373 g/mol. The van der Waals surface area contributed by atoms with E-state index in [1.165, 1.54) is 0 Å². The molecule has 0 aliphatic carbocycles. The van der Waals surface area contributed by atoms with Crippen molar-refractivity contribution in [2.24, 2.45) is 5.10 Å².